The minimum Gasteiger partial charge on any atom is -0.490 e. The number of hydrogen-bond donors (Lipinski definition) is 0. The van der Waals surface area contributed by atoms with E-state index in [1.54, 1.807) is 9.47 Å². The van der Waals surface area contributed by atoms with Gasteiger partial charge < -0.3 is 14.2 Å². The molecule has 6 nitrogen and oxygen atoms in total. The number of ether oxygens (including phenoxy) is 6. The number of benzene rings is 2. The predicted octanol–water partition coefficient (Wildman–Crippen LogP) is 10.6. The Morgan fingerprint density at radius 3 is 1.69 bits per heavy atom. The molecule has 0 N–H and O–H groups in total. The molecule has 0 spiro atoms. The summed E-state index contributed by atoms with van der Waals surface area (Å²) in [4.78, 5) is 0. The van der Waals surface area contributed by atoms with E-state index in [1.165, 1.54) is 36.4 Å². The molecular weight excluding hydrogens is 760 g/mol. The minimum atomic E-state index is -7.19. The molecule has 1 atom stereocenters. The fraction of sp³-hybridized carbons (Fsp3) is 0.600. The first-order valence-corrected chi connectivity index (χ1v) is 14.9. The molecule has 0 radical (unpaired) electrons. The van der Waals surface area contributed by atoms with Crippen LogP contribution in [0, 0.1) is 11.6 Å². The molecule has 0 fully saturated rings. The summed E-state index contributed by atoms with van der Waals surface area (Å²) in [5, 5.41) is 0. The van der Waals surface area contributed by atoms with Crippen molar-refractivity contribution in [2.75, 3.05) is 26.4 Å². The van der Waals surface area contributed by atoms with Gasteiger partial charge in [-0.05, 0) is 36.2 Å². The van der Waals surface area contributed by atoms with E-state index >= 15 is 0 Å². The summed E-state index contributed by atoms with van der Waals surface area (Å²) >= 11 is 0. The third kappa shape index (κ3) is 13.6. The van der Waals surface area contributed by atoms with Crippen molar-refractivity contribution in [3.8, 4) is 22.6 Å². The van der Waals surface area contributed by atoms with Gasteiger partial charge in [0, 0.05) is 5.56 Å². The van der Waals surface area contributed by atoms with Crippen molar-refractivity contribution in [1.29, 1.82) is 0 Å². The molecule has 2 aromatic rings. The third-order valence-electron chi connectivity index (χ3n) is 6.42. The first-order valence-electron chi connectivity index (χ1n) is 14.9. The largest absolute Gasteiger partial charge is 0.527 e. The summed E-state index contributed by atoms with van der Waals surface area (Å²) in [6.07, 6.45) is -37.1. The highest BCUT2D eigenvalue weighted by atomic mass is 19.4. The number of alkyl halides is 14. The maximum atomic E-state index is 14.7. The lowest BCUT2D eigenvalue weighted by Gasteiger charge is -2.33. The molecule has 0 saturated heterocycles. The number of halogens is 16. The molecule has 2 rings (SSSR count). The summed E-state index contributed by atoms with van der Waals surface area (Å²) < 4.78 is 232. The van der Waals surface area contributed by atoms with Crippen molar-refractivity contribution in [3.05, 3.63) is 48.0 Å². The second kappa shape index (κ2) is 18.2. The summed E-state index contributed by atoms with van der Waals surface area (Å²) in [7, 11) is 0. The SMILES string of the molecule is CCCCCCCCOc1ccc(-c2ccc(OC[C@@H](F)COCC(F)(F)OC(F)(F)C(F)(F)OC(F)(F)C(F)(F)OC(F)(F)F)cc2)c(F)c1F. The van der Waals surface area contributed by atoms with E-state index in [4.69, 9.17) is 9.47 Å². The molecule has 298 valence electrons. The molecule has 0 bridgehead atoms. The number of hydrogen-bond acceptors (Lipinski definition) is 6. The molecular formula is C30H30F16O6. The molecule has 52 heavy (non-hydrogen) atoms. The van der Waals surface area contributed by atoms with E-state index in [0.29, 0.717) is 6.42 Å². The Hall–Kier alpha value is -3.24. The Morgan fingerprint density at radius 2 is 1.12 bits per heavy atom. The minimum absolute atomic E-state index is 0.107. The first-order chi connectivity index (χ1) is 23.8. The maximum Gasteiger partial charge on any atom is 0.527 e. The fourth-order valence-electron chi connectivity index (χ4n) is 3.96. The predicted molar refractivity (Wildman–Crippen MR) is 146 cm³/mol. The summed E-state index contributed by atoms with van der Waals surface area (Å²) in [6.45, 7) is -2.64. The van der Waals surface area contributed by atoms with Crippen LogP contribution in [0.4, 0.5) is 70.2 Å². The van der Waals surface area contributed by atoms with Crippen molar-refractivity contribution < 1.29 is 98.7 Å². The summed E-state index contributed by atoms with van der Waals surface area (Å²) in [5.41, 5.74) is -0.0265. The lowest BCUT2D eigenvalue weighted by Crippen LogP contribution is -2.57. The van der Waals surface area contributed by atoms with Gasteiger partial charge in [-0.15, -0.1) is 13.2 Å². The zero-order chi connectivity index (χ0) is 39.6. The molecule has 0 aliphatic rings. The van der Waals surface area contributed by atoms with Gasteiger partial charge in [0.2, 0.25) is 5.82 Å². The van der Waals surface area contributed by atoms with Crippen LogP contribution in [-0.4, -0.2) is 69.5 Å². The van der Waals surface area contributed by atoms with Crippen LogP contribution < -0.4 is 9.47 Å². The van der Waals surface area contributed by atoms with Gasteiger partial charge >= 0.3 is 36.9 Å². The van der Waals surface area contributed by atoms with E-state index < -0.39 is 74.5 Å². The number of rotatable bonds is 23. The van der Waals surface area contributed by atoms with Crippen LogP contribution in [0.2, 0.25) is 0 Å². The van der Waals surface area contributed by atoms with E-state index in [1.807, 2.05) is 0 Å². The van der Waals surface area contributed by atoms with E-state index in [2.05, 4.69) is 16.4 Å². The fourth-order valence-corrected chi connectivity index (χ4v) is 3.96. The molecule has 0 amide bonds. The molecule has 22 heteroatoms. The van der Waals surface area contributed by atoms with Gasteiger partial charge in [0.25, 0.3) is 0 Å². The molecule has 0 saturated carbocycles. The number of unbranched alkanes of at least 4 members (excludes halogenated alkanes) is 5. The first kappa shape index (κ1) is 44.9. The molecule has 0 aliphatic carbocycles. The topological polar surface area (TPSA) is 55.4 Å². The Morgan fingerprint density at radius 1 is 0.577 bits per heavy atom. The summed E-state index contributed by atoms with van der Waals surface area (Å²) in [5.74, 6) is -2.85. The monoisotopic (exact) mass is 790 g/mol. The molecule has 0 heterocycles. The van der Waals surface area contributed by atoms with E-state index in [-0.39, 0.29) is 29.2 Å². The van der Waals surface area contributed by atoms with Gasteiger partial charge in [-0.3, -0.25) is 0 Å². The Kier molecular flexibility index (Phi) is 15.7. The highest BCUT2D eigenvalue weighted by Gasteiger charge is 2.74. The van der Waals surface area contributed by atoms with E-state index in [9.17, 15) is 70.2 Å². The smallest absolute Gasteiger partial charge is 0.490 e. The van der Waals surface area contributed by atoms with Crippen LogP contribution in [0.25, 0.3) is 11.1 Å². The zero-order valence-corrected chi connectivity index (χ0v) is 26.6. The second-order valence-electron chi connectivity index (χ2n) is 10.8. The highest BCUT2D eigenvalue weighted by Crippen LogP contribution is 2.48. The van der Waals surface area contributed by atoms with Gasteiger partial charge in [0.05, 0.1) is 13.2 Å². The maximum absolute atomic E-state index is 14.7. The van der Waals surface area contributed by atoms with Crippen LogP contribution in [0.1, 0.15) is 45.4 Å². The van der Waals surface area contributed by atoms with Crippen LogP contribution >= 0.6 is 0 Å². The van der Waals surface area contributed by atoms with Gasteiger partial charge in [-0.25, -0.2) is 23.0 Å². The van der Waals surface area contributed by atoms with Crippen LogP contribution in [0.3, 0.4) is 0 Å². The Bertz CT molecular complexity index is 1390. The summed E-state index contributed by atoms with van der Waals surface area (Å²) in [6, 6.07) is 7.31. The molecule has 2 aromatic carbocycles. The van der Waals surface area contributed by atoms with Crippen molar-refractivity contribution in [1.82, 2.24) is 0 Å². The zero-order valence-electron chi connectivity index (χ0n) is 26.6. The van der Waals surface area contributed by atoms with Gasteiger partial charge in [0.1, 0.15) is 19.0 Å². The van der Waals surface area contributed by atoms with E-state index in [0.717, 1.165) is 32.1 Å². The van der Waals surface area contributed by atoms with Gasteiger partial charge in [0.15, 0.2) is 17.7 Å². The van der Waals surface area contributed by atoms with Gasteiger partial charge in [-0.2, -0.15) is 48.3 Å². The third-order valence-corrected chi connectivity index (χ3v) is 6.42. The molecule has 0 aliphatic heterocycles. The van der Waals surface area contributed by atoms with Crippen LogP contribution in [-0.2, 0) is 18.9 Å². The second-order valence-corrected chi connectivity index (χ2v) is 10.8. The van der Waals surface area contributed by atoms with Crippen molar-refractivity contribution >= 4 is 0 Å². The lowest BCUT2D eigenvalue weighted by molar-refractivity contribution is -0.564. The Balaban J connectivity index is 1.87. The molecule has 0 unspecified atom stereocenters. The van der Waals surface area contributed by atoms with Crippen LogP contribution in [0.15, 0.2) is 36.4 Å². The average Bonchev–Trinajstić information content (AvgIpc) is 2.99. The van der Waals surface area contributed by atoms with Crippen LogP contribution in [0.5, 0.6) is 11.5 Å². The Labute approximate surface area is 284 Å². The lowest BCUT2D eigenvalue weighted by atomic mass is 10.0. The normalized spacial score (nSPS) is 14.1. The standard InChI is InChI=1S/C30H30F16O6/c1-2-3-4-5-6-7-14-48-22-13-12-21(23(32)24(22)33)18-8-10-20(11-9-18)49-16-19(31)15-47-17-25(34,35)50-26(36,37)27(38,39)51-28(40,41)29(42,43)52-30(44,45)46/h8-13,19H,2-7,14-17H2,1H3/t19-/m0/s1. The van der Waals surface area contributed by atoms with Gasteiger partial charge in [-0.1, -0.05) is 51.2 Å². The van der Waals surface area contributed by atoms with Crippen molar-refractivity contribution in [3.63, 3.8) is 0 Å². The highest BCUT2D eigenvalue weighted by molar-refractivity contribution is 5.66. The van der Waals surface area contributed by atoms with Crippen molar-refractivity contribution in [2.24, 2.45) is 0 Å². The quantitative estimate of drug-likeness (QED) is 0.0826. The van der Waals surface area contributed by atoms with Crippen molar-refractivity contribution in [2.45, 2.75) is 88.5 Å². The molecule has 0 aromatic heterocycles. The average molecular weight is 791 g/mol.